The fourth-order valence-electron chi connectivity index (χ4n) is 2.52. The van der Waals surface area contributed by atoms with Gasteiger partial charge in [0, 0.05) is 31.5 Å². The maximum atomic E-state index is 3.61. The van der Waals surface area contributed by atoms with Crippen molar-refractivity contribution >= 4 is 0 Å². The predicted molar refractivity (Wildman–Crippen MR) is 68.4 cm³/mol. The molecule has 1 heterocycles. The summed E-state index contributed by atoms with van der Waals surface area (Å²) < 4.78 is 2.36. The molecule has 1 aliphatic rings. The molecule has 0 bridgehead atoms. The first-order chi connectivity index (χ1) is 7.73. The lowest BCUT2D eigenvalue weighted by Gasteiger charge is -2.38. The lowest BCUT2D eigenvalue weighted by molar-refractivity contribution is 0.156. The topological polar surface area (TPSA) is 17.0 Å². The average Bonchev–Trinajstić information content (AvgIpc) is 2.64. The molecule has 0 amide bonds. The first kappa shape index (κ1) is 11.7. The molecule has 2 heteroatoms. The summed E-state index contributed by atoms with van der Waals surface area (Å²) in [5, 5.41) is 3.61. The highest BCUT2D eigenvalue weighted by atomic mass is 15.0. The monoisotopic (exact) mass is 220 g/mol. The van der Waals surface area contributed by atoms with E-state index in [1.54, 1.807) is 0 Å². The second-order valence-corrected chi connectivity index (χ2v) is 5.46. The molecule has 0 spiro atoms. The maximum absolute atomic E-state index is 3.61. The smallest absolute Gasteiger partial charge is 0.0359 e. The first-order valence-corrected chi connectivity index (χ1v) is 6.58. The van der Waals surface area contributed by atoms with Gasteiger partial charge in [-0.25, -0.2) is 0 Å². The molecule has 1 saturated carbocycles. The molecule has 0 saturated heterocycles. The SMILES string of the molecule is CCCn1cccc1CNCC1(C)CCC1. The van der Waals surface area contributed by atoms with Crippen LogP contribution in [0.2, 0.25) is 0 Å². The van der Waals surface area contributed by atoms with Crippen LogP contribution >= 0.6 is 0 Å². The Kier molecular flexibility index (Phi) is 3.70. The van der Waals surface area contributed by atoms with E-state index in [0.29, 0.717) is 5.41 Å². The van der Waals surface area contributed by atoms with Crippen molar-refractivity contribution in [3.8, 4) is 0 Å². The lowest BCUT2D eigenvalue weighted by Crippen LogP contribution is -2.37. The summed E-state index contributed by atoms with van der Waals surface area (Å²) in [5.74, 6) is 0. The molecule has 1 aliphatic carbocycles. The number of rotatable bonds is 6. The summed E-state index contributed by atoms with van der Waals surface area (Å²) in [6.07, 6.45) is 7.61. The highest BCUT2D eigenvalue weighted by molar-refractivity contribution is 5.07. The van der Waals surface area contributed by atoms with E-state index >= 15 is 0 Å². The number of aryl methyl sites for hydroxylation is 1. The molecule has 90 valence electrons. The largest absolute Gasteiger partial charge is 0.350 e. The van der Waals surface area contributed by atoms with E-state index in [1.165, 1.54) is 37.9 Å². The molecular weight excluding hydrogens is 196 g/mol. The third kappa shape index (κ3) is 2.67. The van der Waals surface area contributed by atoms with E-state index in [9.17, 15) is 0 Å². The van der Waals surface area contributed by atoms with Crippen molar-refractivity contribution in [1.82, 2.24) is 9.88 Å². The fraction of sp³-hybridized carbons (Fsp3) is 0.714. The second kappa shape index (κ2) is 5.05. The Labute approximate surface area is 99.0 Å². The van der Waals surface area contributed by atoms with Gasteiger partial charge < -0.3 is 9.88 Å². The highest BCUT2D eigenvalue weighted by Crippen LogP contribution is 2.39. The standard InChI is InChI=1S/C14H24N2/c1-3-9-16-10-4-6-13(16)11-15-12-14(2)7-5-8-14/h4,6,10,15H,3,5,7-9,11-12H2,1-2H3. The summed E-state index contributed by atoms with van der Waals surface area (Å²) >= 11 is 0. The van der Waals surface area contributed by atoms with Gasteiger partial charge in [0.15, 0.2) is 0 Å². The van der Waals surface area contributed by atoms with Crippen LogP contribution in [0.3, 0.4) is 0 Å². The molecule has 1 aromatic heterocycles. The summed E-state index contributed by atoms with van der Waals surface area (Å²) in [4.78, 5) is 0. The Balaban J connectivity index is 1.78. The number of aromatic nitrogens is 1. The van der Waals surface area contributed by atoms with Crippen LogP contribution in [-0.4, -0.2) is 11.1 Å². The normalized spacial score (nSPS) is 18.4. The van der Waals surface area contributed by atoms with Crippen molar-refractivity contribution in [1.29, 1.82) is 0 Å². The van der Waals surface area contributed by atoms with Gasteiger partial charge in [0.1, 0.15) is 0 Å². The molecule has 0 aliphatic heterocycles. The minimum absolute atomic E-state index is 0.585. The first-order valence-electron chi connectivity index (χ1n) is 6.58. The molecular formula is C14H24N2. The zero-order valence-electron chi connectivity index (χ0n) is 10.6. The summed E-state index contributed by atoms with van der Waals surface area (Å²) in [6.45, 7) is 7.95. The Morgan fingerprint density at radius 2 is 2.25 bits per heavy atom. The Morgan fingerprint density at radius 3 is 2.88 bits per heavy atom. The minimum Gasteiger partial charge on any atom is -0.350 e. The minimum atomic E-state index is 0.585. The molecule has 2 rings (SSSR count). The second-order valence-electron chi connectivity index (χ2n) is 5.46. The number of hydrogen-bond donors (Lipinski definition) is 1. The van der Waals surface area contributed by atoms with Crippen LogP contribution in [0.25, 0.3) is 0 Å². The van der Waals surface area contributed by atoms with E-state index in [2.05, 4.69) is 42.1 Å². The number of nitrogens with zero attached hydrogens (tertiary/aromatic N) is 1. The van der Waals surface area contributed by atoms with Crippen molar-refractivity contribution in [2.45, 2.75) is 52.6 Å². The van der Waals surface area contributed by atoms with Gasteiger partial charge in [0.2, 0.25) is 0 Å². The van der Waals surface area contributed by atoms with E-state index < -0.39 is 0 Å². The molecule has 0 aromatic carbocycles. The van der Waals surface area contributed by atoms with Crippen molar-refractivity contribution in [2.75, 3.05) is 6.54 Å². The maximum Gasteiger partial charge on any atom is 0.0359 e. The Hall–Kier alpha value is -0.760. The van der Waals surface area contributed by atoms with Crippen LogP contribution in [-0.2, 0) is 13.1 Å². The molecule has 0 radical (unpaired) electrons. The van der Waals surface area contributed by atoms with Gasteiger partial charge >= 0.3 is 0 Å². The summed E-state index contributed by atoms with van der Waals surface area (Å²) in [7, 11) is 0. The van der Waals surface area contributed by atoms with Gasteiger partial charge in [-0.3, -0.25) is 0 Å². The molecule has 1 fully saturated rings. The van der Waals surface area contributed by atoms with Gasteiger partial charge in [-0.05, 0) is 36.8 Å². The van der Waals surface area contributed by atoms with E-state index in [1.807, 2.05) is 0 Å². The van der Waals surface area contributed by atoms with Crippen LogP contribution in [0.5, 0.6) is 0 Å². The molecule has 0 unspecified atom stereocenters. The molecule has 16 heavy (non-hydrogen) atoms. The lowest BCUT2D eigenvalue weighted by atomic mass is 9.70. The average molecular weight is 220 g/mol. The van der Waals surface area contributed by atoms with Gasteiger partial charge in [-0.15, -0.1) is 0 Å². The third-order valence-corrected chi connectivity index (χ3v) is 3.81. The molecule has 0 atom stereocenters. The van der Waals surface area contributed by atoms with E-state index in [0.717, 1.165) is 13.1 Å². The van der Waals surface area contributed by atoms with Crippen molar-refractivity contribution in [2.24, 2.45) is 5.41 Å². The Bertz CT molecular complexity index is 323. The van der Waals surface area contributed by atoms with Crippen molar-refractivity contribution in [3.63, 3.8) is 0 Å². The van der Waals surface area contributed by atoms with Crippen LogP contribution in [0.4, 0.5) is 0 Å². The van der Waals surface area contributed by atoms with Gasteiger partial charge in [0.25, 0.3) is 0 Å². The van der Waals surface area contributed by atoms with Crippen LogP contribution in [0.15, 0.2) is 18.3 Å². The number of hydrogen-bond acceptors (Lipinski definition) is 1. The highest BCUT2D eigenvalue weighted by Gasteiger charge is 2.30. The van der Waals surface area contributed by atoms with Crippen molar-refractivity contribution in [3.05, 3.63) is 24.0 Å². The van der Waals surface area contributed by atoms with E-state index in [4.69, 9.17) is 0 Å². The Morgan fingerprint density at radius 1 is 1.44 bits per heavy atom. The zero-order chi connectivity index (χ0) is 11.4. The van der Waals surface area contributed by atoms with Crippen LogP contribution in [0, 0.1) is 5.41 Å². The summed E-state index contributed by atoms with van der Waals surface area (Å²) in [5.41, 5.74) is 2.01. The molecule has 1 N–H and O–H groups in total. The van der Waals surface area contributed by atoms with Crippen molar-refractivity contribution < 1.29 is 0 Å². The van der Waals surface area contributed by atoms with Gasteiger partial charge in [-0.2, -0.15) is 0 Å². The quantitative estimate of drug-likeness (QED) is 0.779. The van der Waals surface area contributed by atoms with Crippen LogP contribution < -0.4 is 5.32 Å². The van der Waals surface area contributed by atoms with E-state index in [-0.39, 0.29) is 0 Å². The summed E-state index contributed by atoms with van der Waals surface area (Å²) in [6, 6.07) is 4.38. The zero-order valence-corrected chi connectivity index (χ0v) is 10.6. The molecule has 1 aromatic rings. The predicted octanol–water partition coefficient (Wildman–Crippen LogP) is 3.18. The number of nitrogens with one attached hydrogen (secondary N) is 1. The fourth-order valence-corrected chi connectivity index (χ4v) is 2.52. The van der Waals surface area contributed by atoms with Gasteiger partial charge in [-0.1, -0.05) is 20.3 Å². The van der Waals surface area contributed by atoms with Crippen LogP contribution in [0.1, 0.15) is 45.2 Å². The van der Waals surface area contributed by atoms with Gasteiger partial charge in [0.05, 0.1) is 0 Å². The third-order valence-electron chi connectivity index (χ3n) is 3.81. The molecule has 2 nitrogen and oxygen atoms in total.